The summed E-state index contributed by atoms with van der Waals surface area (Å²) in [5.41, 5.74) is 9.37. The molecule has 0 aliphatic carbocycles. The molecule has 0 radical (unpaired) electrons. The molecule has 0 saturated carbocycles. The molecule has 0 spiro atoms. The summed E-state index contributed by atoms with van der Waals surface area (Å²) < 4.78 is 0. The zero-order chi connectivity index (χ0) is 27.1. The Morgan fingerprint density at radius 3 is 1.15 bits per heavy atom. The number of pyridine rings is 2. The van der Waals surface area contributed by atoms with Gasteiger partial charge in [-0.1, -0.05) is 132 Å². The molecular weight excluding hydrogens is 531 g/mol. The Balaban J connectivity index is 1.64. The highest BCUT2D eigenvalue weighted by Gasteiger charge is 2.18. The number of rotatable bonds is 4. The molecule has 0 bridgehead atoms. The highest BCUT2D eigenvalue weighted by molar-refractivity contribution is 6.34. The SMILES string of the molecule is Clc1ccccc1-c1cc(-c2ccccc2)nc2c1ccc1c(-c3ccccc3Cl)cc(-c3ccccc3)nc12. The van der Waals surface area contributed by atoms with E-state index in [2.05, 4.69) is 60.7 Å². The van der Waals surface area contributed by atoms with Crippen LogP contribution in [0.4, 0.5) is 0 Å². The smallest absolute Gasteiger partial charge is 0.0978 e. The fraction of sp³-hybridized carbons (Fsp3) is 0. The van der Waals surface area contributed by atoms with Gasteiger partial charge in [0.2, 0.25) is 0 Å². The van der Waals surface area contributed by atoms with E-state index in [0.29, 0.717) is 10.0 Å². The van der Waals surface area contributed by atoms with Gasteiger partial charge in [0.15, 0.2) is 0 Å². The van der Waals surface area contributed by atoms with Crippen molar-refractivity contribution in [1.82, 2.24) is 9.97 Å². The van der Waals surface area contributed by atoms with E-state index < -0.39 is 0 Å². The molecule has 0 amide bonds. The van der Waals surface area contributed by atoms with Crippen LogP contribution in [0.3, 0.4) is 0 Å². The fourth-order valence-corrected chi connectivity index (χ4v) is 5.77. The van der Waals surface area contributed by atoms with Gasteiger partial charge in [0.25, 0.3) is 0 Å². The summed E-state index contributed by atoms with van der Waals surface area (Å²) in [6, 6.07) is 44.8. The van der Waals surface area contributed by atoms with E-state index in [1.807, 2.05) is 72.8 Å². The Kier molecular flexibility index (Phi) is 6.28. The summed E-state index contributed by atoms with van der Waals surface area (Å²) in [5.74, 6) is 0. The lowest BCUT2D eigenvalue weighted by molar-refractivity contribution is 1.36. The van der Waals surface area contributed by atoms with E-state index in [4.69, 9.17) is 33.2 Å². The summed E-state index contributed by atoms with van der Waals surface area (Å²) in [7, 11) is 0. The van der Waals surface area contributed by atoms with E-state index in [0.717, 1.165) is 66.6 Å². The number of benzene rings is 5. The van der Waals surface area contributed by atoms with Gasteiger partial charge in [0.1, 0.15) is 0 Å². The molecule has 0 atom stereocenters. The monoisotopic (exact) mass is 552 g/mol. The van der Waals surface area contributed by atoms with Crippen molar-refractivity contribution in [1.29, 1.82) is 0 Å². The minimum absolute atomic E-state index is 0.692. The maximum atomic E-state index is 6.75. The maximum Gasteiger partial charge on any atom is 0.0978 e. The molecule has 0 aliphatic heterocycles. The molecule has 0 N–H and O–H groups in total. The zero-order valence-corrected chi connectivity index (χ0v) is 22.9. The summed E-state index contributed by atoms with van der Waals surface area (Å²) >= 11 is 13.5. The van der Waals surface area contributed by atoms with Crippen LogP contribution in [-0.4, -0.2) is 9.97 Å². The average molecular weight is 553 g/mol. The van der Waals surface area contributed by atoms with Crippen molar-refractivity contribution < 1.29 is 0 Å². The third-order valence-electron chi connectivity index (χ3n) is 7.23. The molecule has 40 heavy (non-hydrogen) atoms. The topological polar surface area (TPSA) is 25.8 Å². The quantitative estimate of drug-likeness (QED) is 0.203. The van der Waals surface area contributed by atoms with Gasteiger partial charge in [-0.2, -0.15) is 0 Å². The summed E-state index contributed by atoms with van der Waals surface area (Å²) in [4.78, 5) is 10.5. The Morgan fingerprint density at radius 2 is 0.750 bits per heavy atom. The van der Waals surface area contributed by atoms with E-state index in [9.17, 15) is 0 Å². The Labute approximate surface area is 242 Å². The van der Waals surface area contributed by atoms with Gasteiger partial charge in [-0.3, -0.25) is 0 Å². The third kappa shape index (κ3) is 4.32. The lowest BCUT2D eigenvalue weighted by Gasteiger charge is -2.16. The van der Waals surface area contributed by atoms with Crippen LogP contribution >= 0.6 is 23.2 Å². The summed E-state index contributed by atoms with van der Waals surface area (Å²) in [5, 5.41) is 3.36. The van der Waals surface area contributed by atoms with Crippen LogP contribution in [0.25, 0.3) is 66.6 Å². The van der Waals surface area contributed by atoms with Crippen molar-refractivity contribution in [2.24, 2.45) is 0 Å². The molecule has 0 aliphatic rings. The molecular formula is C36H22Cl2N2. The third-order valence-corrected chi connectivity index (χ3v) is 7.88. The normalized spacial score (nSPS) is 11.2. The summed E-state index contributed by atoms with van der Waals surface area (Å²) in [6.45, 7) is 0. The molecule has 190 valence electrons. The number of fused-ring (bicyclic) bond motifs is 3. The van der Waals surface area contributed by atoms with Gasteiger partial charge in [-0.15, -0.1) is 0 Å². The van der Waals surface area contributed by atoms with Gasteiger partial charge in [0, 0.05) is 43.1 Å². The first kappa shape index (κ1) is 24.5. The van der Waals surface area contributed by atoms with E-state index in [-0.39, 0.29) is 0 Å². The Bertz CT molecular complexity index is 1870. The minimum atomic E-state index is 0.692. The van der Waals surface area contributed by atoms with E-state index >= 15 is 0 Å². The second-order valence-corrected chi connectivity index (χ2v) is 10.5. The van der Waals surface area contributed by atoms with Crippen LogP contribution in [0.2, 0.25) is 10.0 Å². The molecule has 2 nitrogen and oxygen atoms in total. The highest BCUT2D eigenvalue weighted by Crippen LogP contribution is 2.41. The first-order valence-corrected chi connectivity index (χ1v) is 13.8. The predicted octanol–water partition coefficient (Wildman–Crippen LogP) is 10.8. The number of nitrogens with zero attached hydrogens (tertiary/aromatic N) is 2. The molecule has 7 rings (SSSR count). The lowest BCUT2D eigenvalue weighted by atomic mass is 9.94. The minimum Gasteiger partial charge on any atom is -0.245 e. The van der Waals surface area contributed by atoms with Gasteiger partial charge in [0.05, 0.1) is 22.4 Å². The predicted molar refractivity (Wildman–Crippen MR) is 169 cm³/mol. The van der Waals surface area contributed by atoms with Crippen LogP contribution in [-0.2, 0) is 0 Å². The van der Waals surface area contributed by atoms with Crippen LogP contribution in [0, 0.1) is 0 Å². The van der Waals surface area contributed by atoms with Gasteiger partial charge in [-0.05, 0) is 35.4 Å². The zero-order valence-electron chi connectivity index (χ0n) is 21.4. The standard InChI is InChI=1S/C36H22Cl2N2/c37-31-17-9-7-15-25(31)29-21-33(23-11-3-1-4-12-23)39-35-27(29)19-20-28-30(26-16-8-10-18-32(26)38)22-34(40-36(28)35)24-13-5-2-6-14-24/h1-22H. The number of aromatic nitrogens is 2. The van der Waals surface area contributed by atoms with Crippen molar-refractivity contribution in [2.75, 3.05) is 0 Å². The molecule has 0 unspecified atom stereocenters. The van der Waals surface area contributed by atoms with Crippen LogP contribution in [0.5, 0.6) is 0 Å². The first-order chi connectivity index (χ1) is 19.7. The largest absolute Gasteiger partial charge is 0.245 e. The van der Waals surface area contributed by atoms with Crippen molar-refractivity contribution in [3.63, 3.8) is 0 Å². The second kappa shape index (κ2) is 10.2. The average Bonchev–Trinajstić information content (AvgIpc) is 3.01. The summed E-state index contributed by atoms with van der Waals surface area (Å²) in [6.07, 6.45) is 0. The Hall–Kier alpha value is -4.50. The molecule has 2 heterocycles. The van der Waals surface area contributed by atoms with Crippen molar-refractivity contribution in [3.05, 3.63) is 144 Å². The van der Waals surface area contributed by atoms with E-state index in [1.165, 1.54) is 0 Å². The van der Waals surface area contributed by atoms with Crippen LogP contribution < -0.4 is 0 Å². The van der Waals surface area contributed by atoms with Gasteiger partial charge < -0.3 is 0 Å². The molecule has 4 heteroatoms. The molecule has 7 aromatic rings. The number of hydrogen-bond acceptors (Lipinski definition) is 2. The van der Waals surface area contributed by atoms with Crippen molar-refractivity contribution >= 4 is 45.0 Å². The second-order valence-electron chi connectivity index (χ2n) is 9.66. The highest BCUT2D eigenvalue weighted by atomic mass is 35.5. The lowest BCUT2D eigenvalue weighted by Crippen LogP contribution is -1.96. The molecule has 5 aromatic carbocycles. The maximum absolute atomic E-state index is 6.75. The Morgan fingerprint density at radius 1 is 0.375 bits per heavy atom. The van der Waals surface area contributed by atoms with Gasteiger partial charge >= 0.3 is 0 Å². The molecule has 0 fully saturated rings. The number of halogens is 2. The van der Waals surface area contributed by atoms with Crippen molar-refractivity contribution in [3.8, 4) is 44.8 Å². The number of hydrogen-bond donors (Lipinski definition) is 0. The molecule has 2 aromatic heterocycles. The van der Waals surface area contributed by atoms with Gasteiger partial charge in [-0.25, -0.2) is 9.97 Å². The van der Waals surface area contributed by atoms with Crippen LogP contribution in [0.15, 0.2) is 133 Å². The molecule has 0 saturated heterocycles. The fourth-order valence-electron chi connectivity index (χ4n) is 5.29. The van der Waals surface area contributed by atoms with Crippen LogP contribution in [0.1, 0.15) is 0 Å². The van der Waals surface area contributed by atoms with Crippen molar-refractivity contribution in [2.45, 2.75) is 0 Å². The first-order valence-electron chi connectivity index (χ1n) is 13.1. The van der Waals surface area contributed by atoms with E-state index in [1.54, 1.807) is 0 Å².